The number of amides is 4. The molecule has 4 fully saturated rings. The summed E-state index contributed by atoms with van der Waals surface area (Å²) in [6.07, 6.45) is 9.70. The van der Waals surface area contributed by atoms with E-state index in [4.69, 9.17) is 0 Å². The minimum absolute atomic E-state index is 0.0756. The number of hydrazine groups is 1. The molecular weight excluding hydrogens is 308 g/mol. The van der Waals surface area contributed by atoms with E-state index in [0.717, 1.165) is 22.9 Å². The van der Waals surface area contributed by atoms with Crippen LogP contribution < -0.4 is 0 Å². The molecular formula is C18H16N2O4. The lowest BCUT2D eigenvalue weighted by Gasteiger charge is -2.26. The van der Waals surface area contributed by atoms with E-state index >= 15 is 0 Å². The normalized spacial score (nSPS) is 50.0. The van der Waals surface area contributed by atoms with E-state index in [1.54, 1.807) is 0 Å². The molecule has 2 saturated carbocycles. The van der Waals surface area contributed by atoms with Crippen molar-refractivity contribution in [1.29, 1.82) is 0 Å². The Hall–Kier alpha value is -2.24. The Bertz CT molecular complexity index is 673. The number of hydrogen-bond acceptors (Lipinski definition) is 4. The maximum absolute atomic E-state index is 12.9. The molecule has 4 aliphatic carbocycles. The first-order chi connectivity index (χ1) is 11.6. The van der Waals surface area contributed by atoms with Crippen molar-refractivity contribution in [2.75, 3.05) is 0 Å². The zero-order valence-electron chi connectivity index (χ0n) is 12.9. The Balaban J connectivity index is 1.39. The Morgan fingerprint density at radius 1 is 0.542 bits per heavy atom. The van der Waals surface area contributed by atoms with Crippen LogP contribution in [-0.4, -0.2) is 33.6 Å². The fourth-order valence-corrected chi connectivity index (χ4v) is 6.17. The van der Waals surface area contributed by atoms with Crippen LogP contribution in [0, 0.1) is 47.3 Å². The van der Waals surface area contributed by atoms with Gasteiger partial charge in [-0.15, -0.1) is 0 Å². The first kappa shape index (κ1) is 13.1. The van der Waals surface area contributed by atoms with Crippen molar-refractivity contribution in [3.63, 3.8) is 0 Å². The van der Waals surface area contributed by atoms with Gasteiger partial charge in [-0.3, -0.25) is 19.2 Å². The molecule has 0 aromatic rings. The predicted octanol–water partition coefficient (Wildman–Crippen LogP) is 0.516. The van der Waals surface area contributed by atoms with Crippen LogP contribution in [0.5, 0.6) is 0 Å². The van der Waals surface area contributed by atoms with Crippen LogP contribution >= 0.6 is 0 Å². The van der Waals surface area contributed by atoms with Gasteiger partial charge in [0.05, 0.1) is 23.7 Å². The summed E-state index contributed by atoms with van der Waals surface area (Å²) < 4.78 is 0. The summed E-state index contributed by atoms with van der Waals surface area (Å²) in [7, 11) is 0. The Morgan fingerprint density at radius 2 is 0.792 bits per heavy atom. The standard InChI is InChI=1S/C18H16N2O4/c21-15-11-7-1-2-8(5-7)12(11)16(22)19(15)20-17(23)13-9-3-4-10(6-9)14(13)18(20)24/h1-4,7-14H,5-6H2/t7-,8-,9-,10-,11-,12+,13+,14+/m0/s1. The summed E-state index contributed by atoms with van der Waals surface area (Å²) in [5.74, 6) is -2.67. The van der Waals surface area contributed by atoms with Crippen molar-refractivity contribution in [2.45, 2.75) is 12.8 Å². The minimum atomic E-state index is -0.386. The van der Waals surface area contributed by atoms with Crippen molar-refractivity contribution in [2.24, 2.45) is 47.3 Å². The Kier molecular flexibility index (Phi) is 2.11. The summed E-state index contributed by atoms with van der Waals surface area (Å²) in [5.41, 5.74) is 0. The molecule has 6 nitrogen and oxygen atoms in total. The van der Waals surface area contributed by atoms with Gasteiger partial charge in [0.1, 0.15) is 0 Å². The van der Waals surface area contributed by atoms with Gasteiger partial charge in [-0.25, -0.2) is 0 Å². The average molecular weight is 324 g/mol. The molecule has 0 aromatic carbocycles. The molecule has 2 aliphatic heterocycles. The van der Waals surface area contributed by atoms with Gasteiger partial charge in [-0.05, 0) is 36.5 Å². The van der Waals surface area contributed by atoms with E-state index in [9.17, 15) is 19.2 Å². The molecule has 6 aliphatic rings. The maximum atomic E-state index is 12.9. The first-order valence-corrected chi connectivity index (χ1v) is 8.70. The number of carbonyl (C=O) groups is 4. The van der Waals surface area contributed by atoms with Crippen molar-refractivity contribution in [3.8, 4) is 0 Å². The van der Waals surface area contributed by atoms with Crippen molar-refractivity contribution in [3.05, 3.63) is 24.3 Å². The zero-order valence-corrected chi connectivity index (χ0v) is 12.9. The van der Waals surface area contributed by atoms with Crippen LogP contribution in [0.4, 0.5) is 0 Å². The van der Waals surface area contributed by atoms with Gasteiger partial charge in [-0.1, -0.05) is 24.3 Å². The summed E-state index contributed by atoms with van der Waals surface area (Å²) >= 11 is 0. The lowest BCUT2D eigenvalue weighted by molar-refractivity contribution is -0.174. The highest BCUT2D eigenvalue weighted by Crippen LogP contribution is 2.56. The second-order valence-corrected chi connectivity index (χ2v) is 7.98. The van der Waals surface area contributed by atoms with Gasteiger partial charge in [-0.2, -0.15) is 10.0 Å². The molecule has 6 rings (SSSR count). The minimum Gasteiger partial charge on any atom is -0.272 e. The first-order valence-electron chi connectivity index (χ1n) is 8.70. The van der Waals surface area contributed by atoms with Crippen LogP contribution in [0.15, 0.2) is 24.3 Å². The van der Waals surface area contributed by atoms with E-state index in [0.29, 0.717) is 0 Å². The molecule has 0 unspecified atom stereocenters. The molecule has 4 bridgehead atoms. The largest absolute Gasteiger partial charge is 0.272 e. The Labute approximate surface area is 138 Å². The summed E-state index contributed by atoms with van der Waals surface area (Å²) in [6.45, 7) is 0. The molecule has 0 radical (unpaired) electrons. The van der Waals surface area contributed by atoms with Gasteiger partial charge in [0, 0.05) is 0 Å². The molecule has 2 saturated heterocycles. The third kappa shape index (κ3) is 1.21. The number of carbonyl (C=O) groups excluding carboxylic acids is 4. The molecule has 8 atom stereocenters. The third-order valence-electron chi connectivity index (χ3n) is 7.09. The second-order valence-electron chi connectivity index (χ2n) is 7.98. The molecule has 4 amide bonds. The fraction of sp³-hybridized carbons (Fsp3) is 0.556. The third-order valence-corrected chi connectivity index (χ3v) is 7.09. The van der Waals surface area contributed by atoms with Crippen LogP contribution in [-0.2, 0) is 19.2 Å². The lowest BCUT2D eigenvalue weighted by atomic mass is 9.85. The van der Waals surface area contributed by atoms with Crippen molar-refractivity contribution in [1.82, 2.24) is 10.0 Å². The average Bonchev–Trinajstić information content (AvgIpc) is 3.36. The summed E-state index contributed by atoms with van der Waals surface area (Å²) in [6, 6.07) is 0. The van der Waals surface area contributed by atoms with Gasteiger partial charge >= 0.3 is 0 Å². The highest BCUT2D eigenvalue weighted by Gasteiger charge is 2.66. The zero-order chi connectivity index (χ0) is 16.3. The van der Waals surface area contributed by atoms with E-state index in [1.165, 1.54) is 0 Å². The molecule has 0 N–H and O–H groups in total. The molecule has 6 heteroatoms. The van der Waals surface area contributed by atoms with Crippen LogP contribution in [0.25, 0.3) is 0 Å². The van der Waals surface area contributed by atoms with Crippen molar-refractivity contribution < 1.29 is 19.2 Å². The summed E-state index contributed by atoms with van der Waals surface area (Å²) in [5, 5.41) is 1.81. The van der Waals surface area contributed by atoms with Gasteiger partial charge < -0.3 is 0 Å². The number of hydrogen-bond donors (Lipinski definition) is 0. The number of imide groups is 2. The van der Waals surface area contributed by atoms with E-state index in [-0.39, 0.29) is 71.0 Å². The highest BCUT2D eigenvalue weighted by molar-refractivity contribution is 6.14. The van der Waals surface area contributed by atoms with E-state index in [1.807, 2.05) is 24.3 Å². The monoisotopic (exact) mass is 324 g/mol. The smallest absolute Gasteiger partial charge is 0.253 e. The molecule has 0 spiro atoms. The molecule has 122 valence electrons. The second kappa shape index (κ2) is 3.87. The molecule has 24 heavy (non-hydrogen) atoms. The van der Waals surface area contributed by atoms with Gasteiger partial charge in [0.25, 0.3) is 23.6 Å². The molecule has 2 heterocycles. The molecule has 0 aromatic heterocycles. The predicted molar refractivity (Wildman–Crippen MR) is 79.1 cm³/mol. The highest BCUT2D eigenvalue weighted by atomic mass is 16.2. The number of fused-ring (bicyclic) bond motifs is 10. The van der Waals surface area contributed by atoms with E-state index in [2.05, 4.69) is 0 Å². The fourth-order valence-electron chi connectivity index (χ4n) is 6.17. The lowest BCUT2D eigenvalue weighted by Crippen LogP contribution is -2.51. The number of nitrogens with zero attached hydrogens (tertiary/aromatic N) is 2. The topological polar surface area (TPSA) is 74.8 Å². The van der Waals surface area contributed by atoms with E-state index < -0.39 is 0 Å². The summed E-state index contributed by atoms with van der Waals surface area (Å²) in [4.78, 5) is 51.5. The van der Waals surface area contributed by atoms with Crippen molar-refractivity contribution >= 4 is 23.6 Å². The SMILES string of the molecule is O=C1[C@@H]2[C@H](C(=O)N1N1C(=O)[C@H]3[C@H](C1=O)[C@H]1C=C[C@H]3C1)[C@H]1C=C[C@H]2C1. The van der Waals surface area contributed by atoms with Gasteiger partial charge in [0.2, 0.25) is 0 Å². The Morgan fingerprint density at radius 3 is 1.04 bits per heavy atom. The number of rotatable bonds is 1. The maximum Gasteiger partial charge on any atom is 0.253 e. The van der Waals surface area contributed by atoms with Crippen LogP contribution in [0.2, 0.25) is 0 Å². The number of allylic oxidation sites excluding steroid dienone is 4. The van der Waals surface area contributed by atoms with Gasteiger partial charge in [0.15, 0.2) is 0 Å². The van der Waals surface area contributed by atoms with Crippen LogP contribution in [0.3, 0.4) is 0 Å². The quantitative estimate of drug-likeness (QED) is 0.520. The van der Waals surface area contributed by atoms with Crippen LogP contribution in [0.1, 0.15) is 12.8 Å².